The molecule has 12 nitrogen and oxygen atoms in total. The molecule has 2 N–H and O–H groups in total. The molecule has 2 fully saturated rings. The Kier molecular flexibility index (Phi) is 6.77. The number of nitrogens with zero attached hydrogens (tertiary/aromatic N) is 8. The van der Waals surface area contributed by atoms with Gasteiger partial charge >= 0.3 is 5.97 Å². The Labute approximate surface area is 226 Å². The molecule has 0 aliphatic carbocycles. The summed E-state index contributed by atoms with van der Waals surface area (Å²) in [7, 11) is 1.41. The van der Waals surface area contributed by atoms with Crippen molar-refractivity contribution in [2.45, 2.75) is 19.8 Å². The van der Waals surface area contributed by atoms with Crippen LogP contribution < -0.4 is 15.5 Å². The van der Waals surface area contributed by atoms with Crippen LogP contribution in [0.15, 0.2) is 41.0 Å². The second kappa shape index (κ2) is 10.5. The number of nitrogen functional groups attached to an aromatic ring is 1. The number of anilines is 3. The minimum Gasteiger partial charge on any atom is -0.465 e. The summed E-state index contributed by atoms with van der Waals surface area (Å²) >= 11 is 0. The van der Waals surface area contributed by atoms with E-state index in [0.717, 1.165) is 63.5 Å². The molecule has 4 aromatic rings. The number of nitrogens with two attached hydrogens (primary N) is 1. The summed E-state index contributed by atoms with van der Waals surface area (Å²) in [5.41, 5.74) is 8.94. The topological polar surface area (TPSA) is 131 Å². The van der Waals surface area contributed by atoms with E-state index in [1.165, 1.54) is 18.0 Å². The molecule has 0 bridgehead atoms. The smallest absolute Gasteiger partial charge is 0.338 e. The summed E-state index contributed by atoms with van der Waals surface area (Å²) in [6.45, 7) is 8.66. The molecule has 39 heavy (non-hydrogen) atoms. The monoisotopic (exact) mass is 531 g/mol. The molecule has 2 aliphatic rings. The molecule has 0 radical (unpaired) electrons. The second-order valence-corrected chi connectivity index (χ2v) is 10.2. The molecule has 0 spiro atoms. The van der Waals surface area contributed by atoms with Crippen LogP contribution in [0.4, 0.5) is 17.6 Å². The lowest BCUT2D eigenvalue weighted by Crippen LogP contribution is -2.50. The molecule has 3 aromatic heterocycles. The summed E-state index contributed by atoms with van der Waals surface area (Å²) < 4.78 is 11.7. The fourth-order valence-electron chi connectivity index (χ4n) is 5.58. The average molecular weight is 532 g/mol. The number of rotatable bonds is 6. The van der Waals surface area contributed by atoms with E-state index in [-0.39, 0.29) is 11.9 Å². The van der Waals surface area contributed by atoms with Crippen LogP contribution in [0.1, 0.15) is 28.8 Å². The highest BCUT2D eigenvalue weighted by Crippen LogP contribution is 2.25. The molecule has 0 amide bonds. The van der Waals surface area contributed by atoms with Crippen LogP contribution in [-0.4, -0.2) is 88.4 Å². The molecule has 0 unspecified atom stereocenters. The van der Waals surface area contributed by atoms with Gasteiger partial charge < -0.3 is 24.7 Å². The number of carbonyl (C=O) groups is 1. The fourth-order valence-corrected chi connectivity index (χ4v) is 5.58. The van der Waals surface area contributed by atoms with Crippen LogP contribution in [0.2, 0.25) is 0 Å². The quantitative estimate of drug-likeness (QED) is 0.368. The largest absolute Gasteiger partial charge is 0.465 e. The minimum atomic E-state index is -0.293. The summed E-state index contributed by atoms with van der Waals surface area (Å²) in [6.07, 6.45) is 3.84. The molecule has 2 saturated heterocycles. The average Bonchev–Trinajstić information content (AvgIpc) is 3.64. The number of methoxy groups -OCH3 is 1. The number of furan rings is 1. The predicted octanol–water partition coefficient (Wildman–Crippen LogP) is 2.50. The third-order valence-electron chi connectivity index (χ3n) is 7.63. The van der Waals surface area contributed by atoms with Gasteiger partial charge in [-0.1, -0.05) is 0 Å². The van der Waals surface area contributed by atoms with E-state index in [9.17, 15) is 4.79 Å². The second-order valence-electron chi connectivity index (χ2n) is 10.2. The fraction of sp³-hybridized carbons (Fsp3) is 0.444. The molecule has 0 saturated carbocycles. The van der Waals surface area contributed by atoms with Gasteiger partial charge in [-0.25, -0.2) is 4.79 Å². The first kappa shape index (κ1) is 25.1. The van der Waals surface area contributed by atoms with E-state index < -0.39 is 0 Å². The van der Waals surface area contributed by atoms with Crippen molar-refractivity contribution in [2.24, 2.45) is 5.92 Å². The molecule has 204 valence electrons. The van der Waals surface area contributed by atoms with Gasteiger partial charge in [0.2, 0.25) is 17.7 Å². The first-order valence-corrected chi connectivity index (χ1v) is 13.3. The van der Waals surface area contributed by atoms with Gasteiger partial charge in [0.25, 0.3) is 5.78 Å². The van der Waals surface area contributed by atoms with Crippen LogP contribution in [0, 0.1) is 12.8 Å². The molecular weight excluding hydrogens is 498 g/mol. The van der Waals surface area contributed by atoms with Crippen molar-refractivity contribution in [3.05, 3.63) is 47.7 Å². The van der Waals surface area contributed by atoms with Crippen LogP contribution in [-0.2, 0) is 4.74 Å². The lowest BCUT2D eigenvalue weighted by Gasteiger charge is -2.40. The number of aromatic nitrogens is 5. The van der Waals surface area contributed by atoms with E-state index >= 15 is 0 Å². The van der Waals surface area contributed by atoms with E-state index in [4.69, 9.17) is 14.9 Å². The molecule has 1 atom stereocenters. The molecule has 12 heteroatoms. The number of fused-ring (bicyclic) bond motifs is 1. The Balaban J connectivity index is 1.07. The van der Waals surface area contributed by atoms with Crippen molar-refractivity contribution < 1.29 is 13.9 Å². The first-order valence-electron chi connectivity index (χ1n) is 13.3. The molecule has 5 heterocycles. The first-order chi connectivity index (χ1) is 19.0. The molecular formula is C27H33N9O3. The molecule has 2 aliphatic heterocycles. The number of piperidine rings is 1. The number of aryl methyl sites for hydroxylation is 1. The van der Waals surface area contributed by atoms with Gasteiger partial charge in [0.15, 0.2) is 5.76 Å². The van der Waals surface area contributed by atoms with Gasteiger partial charge in [-0.3, -0.25) is 4.90 Å². The van der Waals surface area contributed by atoms with Crippen molar-refractivity contribution in [3.63, 3.8) is 0 Å². The summed E-state index contributed by atoms with van der Waals surface area (Å²) in [4.78, 5) is 32.8. The highest BCUT2D eigenvalue weighted by molar-refractivity contribution is 5.91. The van der Waals surface area contributed by atoms with Gasteiger partial charge in [-0.15, -0.1) is 5.10 Å². The SMILES string of the molecule is COC(=O)c1ccc(N2CCN(C[C@@H]3CCCN(c4nc(N)n5nc(-c6ccco6)nc5n4)C3)CC2)cc1C. The van der Waals surface area contributed by atoms with Gasteiger partial charge in [-0.05, 0) is 61.6 Å². The third-order valence-corrected chi connectivity index (χ3v) is 7.63. The Hall–Kier alpha value is -4.19. The number of carbonyl (C=O) groups excluding carboxylic acids is 1. The van der Waals surface area contributed by atoms with E-state index in [1.807, 2.05) is 19.1 Å². The number of hydrogen-bond donors (Lipinski definition) is 1. The normalized spacial score (nSPS) is 18.6. The van der Waals surface area contributed by atoms with Crippen LogP contribution in [0.25, 0.3) is 17.4 Å². The summed E-state index contributed by atoms with van der Waals surface area (Å²) in [5.74, 6) is 2.49. The summed E-state index contributed by atoms with van der Waals surface area (Å²) in [6, 6.07) is 9.55. The highest BCUT2D eigenvalue weighted by atomic mass is 16.5. The van der Waals surface area contributed by atoms with Gasteiger partial charge in [0, 0.05) is 51.5 Å². The van der Waals surface area contributed by atoms with Crippen LogP contribution in [0.3, 0.4) is 0 Å². The Morgan fingerprint density at radius 2 is 1.95 bits per heavy atom. The molecule has 6 rings (SSSR count). The van der Waals surface area contributed by atoms with Crippen molar-refractivity contribution in [2.75, 3.05) is 68.5 Å². The van der Waals surface area contributed by atoms with Crippen molar-refractivity contribution >= 4 is 29.3 Å². The summed E-state index contributed by atoms with van der Waals surface area (Å²) in [5, 5.41) is 4.39. The van der Waals surface area contributed by atoms with Gasteiger partial charge in [0.1, 0.15) is 0 Å². The third kappa shape index (κ3) is 5.11. The predicted molar refractivity (Wildman–Crippen MR) is 147 cm³/mol. The number of ether oxygens (including phenoxy) is 1. The Morgan fingerprint density at radius 3 is 2.69 bits per heavy atom. The maximum Gasteiger partial charge on any atom is 0.338 e. The van der Waals surface area contributed by atoms with Gasteiger partial charge in [-0.2, -0.15) is 19.5 Å². The molecule has 1 aromatic carbocycles. The van der Waals surface area contributed by atoms with Crippen molar-refractivity contribution in [1.82, 2.24) is 29.5 Å². The Bertz CT molecular complexity index is 1460. The lowest BCUT2D eigenvalue weighted by molar-refractivity contribution is 0.0600. The zero-order valence-corrected chi connectivity index (χ0v) is 22.3. The van der Waals surface area contributed by atoms with Gasteiger partial charge in [0.05, 0.1) is 18.9 Å². The lowest BCUT2D eigenvalue weighted by atomic mass is 9.97. The zero-order chi connectivity index (χ0) is 26.9. The Morgan fingerprint density at radius 1 is 1.10 bits per heavy atom. The van der Waals surface area contributed by atoms with E-state index in [1.54, 1.807) is 18.4 Å². The number of esters is 1. The number of piperazine rings is 1. The highest BCUT2D eigenvalue weighted by Gasteiger charge is 2.27. The maximum atomic E-state index is 11.9. The maximum absolute atomic E-state index is 11.9. The van der Waals surface area contributed by atoms with E-state index in [0.29, 0.717) is 34.8 Å². The minimum absolute atomic E-state index is 0.258. The van der Waals surface area contributed by atoms with Crippen LogP contribution in [0.5, 0.6) is 0 Å². The standard InChI is InChI=1S/C27H33N9O3/c1-18-15-20(7-8-21(18)24(37)38-2)34-12-10-33(11-13-34)16-19-5-3-9-35(17-19)26-30-25(28)36-27(31-26)29-23(32-36)22-6-4-14-39-22/h4,6-8,14-15,19H,3,5,9-13,16-17H2,1-2H3,(H2,28,29,30,31,32)/t19-/m0/s1. The van der Waals surface area contributed by atoms with Crippen molar-refractivity contribution in [3.8, 4) is 11.6 Å². The van der Waals surface area contributed by atoms with E-state index in [2.05, 4.69) is 40.8 Å². The van der Waals surface area contributed by atoms with Crippen LogP contribution >= 0.6 is 0 Å². The number of hydrogen-bond acceptors (Lipinski definition) is 11. The van der Waals surface area contributed by atoms with Crippen molar-refractivity contribution in [1.29, 1.82) is 0 Å². The number of benzene rings is 1. The zero-order valence-electron chi connectivity index (χ0n) is 22.3.